The molecule has 0 saturated carbocycles. The Morgan fingerprint density at radius 3 is 2.45 bits per heavy atom. The molecule has 0 aliphatic heterocycles. The zero-order chi connectivity index (χ0) is 21.0. The van der Waals surface area contributed by atoms with Gasteiger partial charge in [0.15, 0.2) is 5.43 Å². The number of nitrogens with one attached hydrogen (secondary N) is 1. The minimum atomic E-state index is -0.452. The molecule has 5 heteroatoms. The van der Waals surface area contributed by atoms with Crippen LogP contribution in [0, 0.1) is 13.8 Å². The minimum Gasteiger partial charge on any atom is -0.344 e. The van der Waals surface area contributed by atoms with Gasteiger partial charge in [-0.2, -0.15) is 0 Å². The van der Waals surface area contributed by atoms with Gasteiger partial charge in [-0.25, -0.2) is 0 Å². The lowest BCUT2D eigenvalue weighted by Crippen LogP contribution is -2.27. The van der Waals surface area contributed by atoms with Crippen molar-refractivity contribution in [1.29, 1.82) is 0 Å². The van der Waals surface area contributed by atoms with Gasteiger partial charge in [0.25, 0.3) is 5.91 Å². The number of carbonyl (C=O) groups is 1. The number of para-hydroxylation sites is 1. The third kappa shape index (κ3) is 4.43. The molecule has 3 aromatic rings. The number of aryl methyl sites for hydroxylation is 2. The highest BCUT2D eigenvalue weighted by atomic mass is 35.5. The Hall–Kier alpha value is -2.85. The van der Waals surface area contributed by atoms with Gasteiger partial charge < -0.3 is 9.88 Å². The molecule has 1 amide bonds. The van der Waals surface area contributed by atoms with E-state index in [1.165, 1.54) is 0 Å². The molecule has 150 valence electrons. The molecule has 2 aromatic carbocycles. The largest absolute Gasteiger partial charge is 0.344 e. The van der Waals surface area contributed by atoms with Crippen LogP contribution in [0.5, 0.6) is 0 Å². The van der Waals surface area contributed by atoms with Crippen molar-refractivity contribution in [2.75, 3.05) is 5.32 Å². The Labute approximate surface area is 176 Å². The van der Waals surface area contributed by atoms with Crippen molar-refractivity contribution >= 4 is 23.2 Å². The second-order valence-corrected chi connectivity index (χ2v) is 7.53. The number of unbranched alkanes of at least 4 members (excludes halogenated alkanes) is 1. The fourth-order valence-electron chi connectivity index (χ4n) is 3.46. The van der Waals surface area contributed by atoms with Crippen molar-refractivity contribution in [3.63, 3.8) is 0 Å². The van der Waals surface area contributed by atoms with Crippen molar-refractivity contribution in [1.82, 2.24) is 4.57 Å². The average molecular weight is 409 g/mol. The molecule has 0 radical (unpaired) electrons. The number of pyridine rings is 1. The van der Waals surface area contributed by atoms with Gasteiger partial charge in [0, 0.05) is 23.9 Å². The summed E-state index contributed by atoms with van der Waals surface area (Å²) in [6, 6.07) is 16.4. The first kappa shape index (κ1) is 20.9. The summed E-state index contributed by atoms with van der Waals surface area (Å²) in [5, 5.41) is 3.24. The standard InChI is InChI=1S/C24H25ClN2O2/c1-4-5-14-27-17(3)15-21(28)22(23(27)18-11-7-6-10-16(18)2)24(29)26-20-13-9-8-12-19(20)25/h6-13,15H,4-5,14H2,1-3H3,(H,26,29). The van der Waals surface area contributed by atoms with Crippen LogP contribution >= 0.6 is 11.6 Å². The van der Waals surface area contributed by atoms with Crippen LogP contribution in [0.1, 0.15) is 41.4 Å². The summed E-state index contributed by atoms with van der Waals surface area (Å²) in [5.41, 5.74) is 3.72. The van der Waals surface area contributed by atoms with E-state index >= 15 is 0 Å². The predicted molar refractivity (Wildman–Crippen MR) is 120 cm³/mol. The van der Waals surface area contributed by atoms with E-state index in [0.29, 0.717) is 16.4 Å². The molecule has 3 rings (SSSR count). The molecule has 0 spiro atoms. The molecular formula is C24H25ClN2O2. The van der Waals surface area contributed by atoms with Gasteiger partial charge in [0.1, 0.15) is 5.56 Å². The number of carbonyl (C=O) groups excluding carboxylic acids is 1. The molecule has 4 nitrogen and oxygen atoms in total. The molecule has 0 bridgehead atoms. The van der Waals surface area contributed by atoms with Crippen LogP contribution in [0.3, 0.4) is 0 Å². The van der Waals surface area contributed by atoms with Gasteiger partial charge in [-0.15, -0.1) is 0 Å². The molecule has 0 fully saturated rings. The lowest BCUT2D eigenvalue weighted by Gasteiger charge is -2.21. The Kier molecular flexibility index (Phi) is 6.55. The van der Waals surface area contributed by atoms with Crippen molar-refractivity contribution < 1.29 is 4.79 Å². The maximum absolute atomic E-state index is 13.2. The van der Waals surface area contributed by atoms with E-state index in [9.17, 15) is 9.59 Å². The average Bonchev–Trinajstić information content (AvgIpc) is 2.69. The molecule has 0 atom stereocenters. The number of hydrogen-bond donors (Lipinski definition) is 1. The normalized spacial score (nSPS) is 10.8. The highest BCUT2D eigenvalue weighted by Gasteiger charge is 2.23. The number of rotatable bonds is 6. The highest BCUT2D eigenvalue weighted by molar-refractivity contribution is 6.34. The summed E-state index contributed by atoms with van der Waals surface area (Å²) in [6.07, 6.45) is 1.97. The van der Waals surface area contributed by atoms with E-state index in [-0.39, 0.29) is 11.0 Å². The van der Waals surface area contributed by atoms with E-state index < -0.39 is 5.91 Å². The SMILES string of the molecule is CCCCn1c(C)cc(=O)c(C(=O)Nc2ccccc2Cl)c1-c1ccccc1C. The van der Waals surface area contributed by atoms with Crippen LogP contribution in [-0.4, -0.2) is 10.5 Å². The molecule has 1 heterocycles. The van der Waals surface area contributed by atoms with Gasteiger partial charge in [-0.05, 0) is 38.0 Å². The maximum Gasteiger partial charge on any atom is 0.261 e. The summed E-state index contributed by atoms with van der Waals surface area (Å²) in [6.45, 7) is 6.76. The smallest absolute Gasteiger partial charge is 0.261 e. The summed E-state index contributed by atoms with van der Waals surface area (Å²) in [7, 11) is 0. The van der Waals surface area contributed by atoms with Crippen LogP contribution in [0.15, 0.2) is 59.4 Å². The summed E-state index contributed by atoms with van der Waals surface area (Å²) in [4.78, 5) is 26.2. The third-order valence-corrected chi connectivity index (χ3v) is 5.33. The number of aromatic nitrogens is 1. The quantitative estimate of drug-likeness (QED) is 0.557. The van der Waals surface area contributed by atoms with Crippen molar-refractivity contribution in [2.24, 2.45) is 0 Å². The predicted octanol–water partition coefficient (Wildman–Crippen LogP) is 5.84. The van der Waals surface area contributed by atoms with Crippen LogP contribution < -0.4 is 10.7 Å². The molecule has 1 aromatic heterocycles. The lowest BCUT2D eigenvalue weighted by molar-refractivity contribution is 0.102. The van der Waals surface area contributed by atoms with Gasteiger partial charge in [0.05, 0.1) is 16.4 Å². The van der Waals surface area contributed by atoms with E-state index in [0.717, 1.165) is 36.2 Å². The van der Waals surface area contributed by atoms with Crippen molar-refractivity contribution in [3.8, 4) is 11.3 Å². The monoisotopic (exact) mass is 408 g/mol. The summed E-state index contributed by atoms with van der Waals surface area (Å²) in [5.74, 6) is -0.452. The zero-order valence-corrected chi connectivity index (χ0v) is 17.7. The molecule has 0 aliphatic rings. The number of hydrogen-bond acceptors (Lipinski definition) is 2. The molecular weight excluding hydrogens is 384 g/mol. The van der Waals surface area contributed by atoms with Crippen LogP contribution in [0.4, 0.5) is 5.69 Å². The first-order valence-electron chi connectivity index (χ1n) is 9.80. The summed E-state index contributed by atoms with van der Waals surface area (Å²) < 4.78 is 2.08. The van der Waals surface area contributed by atoms with Crippen molar-refractivity contribution in [3.05, 3.63) is 86.7 Å². The number of anilines is 1. The minimum absolute atomic E-state index is 0.140. The van der Waals surface area contributed by atoms with E-state index in [2.05, 4.69) is 16.8 Å². The van der Waals surface area contributed by atoms with Crippen LogP contribution in [0.2, 0.25) is 5.02 Å². The number of halogens is 1. The molecule has 0 unspecified atom stereocenters. The first-order chi connectivity index (χ1) is 13.9. The van der Waals surface area contributed by atoms with Gasteiger partial charge >= 0.3 is 0 Å². The highest BCUT2D eigenvalue weighted by Crippen LogP contribution is 2.28. The maximum atomic E-state index is 13.2. The molecule has 0 saturated heterocycles. The molecule has 29 heavy (non-hydrogen) atoms. The van der Waals surface area contributed by atoms with Gasteiger partial charge in [-0.1, -0.05) is 61.3 Å². The third-order valence-electron chi connectivity index (χ3n) is 5.00. The number of benzene rings is 2. The molecule has 1 N–H and O–H groups in total. The second-order valence-electron chi connectivity index (χ2n) is 7.13. The topological polar surface area (TPSA) is 51.1 Å². The molecule has 0 aliphatic carbocycles. The van der Waals surface area contributed by atoms with E-state index in [1.54, 1.807) is 30.3 Å². The Bertz CT molecular complexity index is 1100. The van der Waals surface area contributed by atoms with E-state index in [4.69, 9.17) is 11.6 Å². The number of nitrogens with zero attached hydrogens (tertiary/aromatic N) is 1. The van der Waals surface area contributed by atoms with Gasteiger partial charge in [-0.3, -0.25) is 9.59 Å². The Morgan fingerprint density at radius 2 is 1.76 bits per heavy atom. The fourth-order valence-corrected chi connectivity index (χ4v) is 3.64. The second kappa shape index (κ2) is 9.10. The Balaban J connectivity index is 2.22. The Morgan fingerprint density at radius 1 is 1.07 bits per heavy atom. The summed E-state index contributed by atoms with van der Waals surface area (Å²) >= 11 is 6.20. The van der Waals surface area contributed by atoms with Crippen LogP contribution in [-0.2, 0) is 6.54 Å². The lowest BCUT2D eigenvalue weighted by atomic mass is 9.98. The fraction of sp³-hybridized carbons (Fsp3) is 0.250. The number of amides is 1. The van der Waals surface area contributed by atoms with E-state index in [1.807, 2.05) is 38.1 Å². The van der Waals surface area contributed by atoms with Crippen LogP contribution in [0.25, 0.3) is 11.3 Å². The first-order valence-corrected chi connectivity index (χ1v) is 10.2. The van der Waals surface area contributed by atoms with Crippen molar-refractivity contribution in [2.45, 2.75) is 40.2 Å². The van der Waals surface area contributed by atoms with Gasteiger partial charge in [0.2, 0.25) is 0 Å². The zero-order valence-electron chi connectivity index (χ0n) is 17.0.